The van der Waals surface area contributed by atoms with Gasteiger partial charge in [0.15, 0.2) is 0 Å². The summed E-state index contributed by atoms with van der Waals surface area (Å²) in [7, 11) is 0. The second-order valence-corrected chi connectivity index (χ2v) is 3.26. The Morgan fingerprint density at radius 1 is 1.00 bits per heavy atom. The topological polar surface area (TPSA) is 33.1 Å². The predicted molar refractivity (Wildman–Crippen MR) is 75.6 cm³/mol. The summed E-state index contributed by atoms with van der Waals surface area (Å²) in [6, 6.07) is 5.82. The zero-order valence-corrected chi connectivity index (χ0v) is 11.7. The van der Waals surface area contributed by atoms with Gasteiger partial charge in [-0.2, -0.15) is 0 Å². The maximum absolute atomic E-state index is 9.72. The first-order chi connectivity index (χ1) is 8.20. The Morgan fingerprint density at radius 2 is 1.59 bits per heavy atom. The van der Waals surface area contributed by atoms with Crippen LogP contribution in [0.1, 0.15) is 38.8 Å². The van der Waals surface area contributed by atoms with Crippen molar-refractivity contribution in [2.24, 2.45) is 0 Å². The number of aromatic nitrogens is 1. The maximum Gasteiger partial charge on any atom is 0.144 e. The zero-order valence-electron chi connectivity index (χ0n) is 11.7. The molecule has 0 amide bonds. The van der Waals surface area contributed by atoms with E-state index in [-0.39, 0.29) is 0 Å². The number of benzene rings is 1. The van der Waals surface area contributed by atoms with Crippen molar-refractivity contribution in [3.05, 3.63) is 35.5 Å². The highest BCUT2D eigenvalue weighted by Gasteiger charge is 2.05. The van der Waals surface area contributed by atoms with Crippen molar-refractivity contribution in [1.82, 2.24) is 4.98 Å². The summed E-state index contributed by atoms with van der Waals surface area (Å²) in [6.07, 6.45) is 1.70. The number of pyridine rings is 1. The van der Waals surface area contributed by atoms with Gasteiger partial charge in [-0.15, -0.1) is 0 Å². The second kappa shape index (κ2) is 7.66. The number of aryl methyl sites for hydroxylation is 2. The highest BCUT2D eigenvalue weighted by atomic mass is 16.3. The molecule has 0 aliphatic carbocycles. The van der Waals surface area contributed by atoms with E-state index in [9.17, 15) is 5.11 Å². The van der Waals surface area contributed by atoms with E-state index in [0.717, 1.165) is 16.5 Å². The fourth-order valence-electron chi connectivity index (χ4n) is 1.57. The van der Waals surface area contributed by atoms with Gasteiger partial charge in [-0.25, -0.2) is 0 Å². The fourth-order valence-corrected chi connectivity index (χ4v) is 1.57. The zero-order chi connectivity index (χ0) is 13.4. The molecule has 2 nitrogen and oxygen atoms in total. The number of fused-ring (bicyclic) bond motifs is 1. The molecule has 94 valence electrons. The Kier molecular flexibility index (Phi) is 6.95. The summed E-state index contributed by atoms with van der Waals surface area (Å²) in [5.41, 5.74) is 2.72. The largest absolute Gasteiger partial charge is 0.505 e. The van der Waals surface area contributed by atoms with E-state index in [1.165, 1.54) is 0 Å². The molecule has 0 bridgehead atoms. The molecule has 1 aromatic carbocycles. The number of hydrogen-bond acceptors (Lipinski definition) is 2. The van der Waals surface area contributed by atoms with Crippen molar-refractivity contribution in [3.8, 4) is 5.75 Å². The number of rotatable bonds is 0. The van der Waals surface area contributed by atoms with Gasteiger partial charge in [0, 0.05) is 11.6 Å². The predicted octanol–water partition coefficient (Wildman–Crippen LogP) is 4.61. The summed E-state index contributed by atoms with van der Waals surface area (Å²) in [5.74, 6) is 0.293. The second-order valence-electron chi connectivity index (χ2n) is 3.26. The highest BCUT2D eigenvalue weighted by molar-refractivity contribution is 5.88. The van der Waals surface area contributed by atoms with Gasteiger partial charge in [0.1, 0.15) is 11.3 Å². The molecule has 1 heterocycles. The molecule has 0 saturated heterocycles. The van der Waals surface area contributed by atoms with Gasteiger partial charge in [0.25, 0.3) is 0 Å². The molecule has 2 aromatic rings. The minimum Gasteiger partial charge on any atom is -0.505 e. The molecule has 17 heavy (non-hydrogen) atoms. The molecular weight excluding hydrogens is 210 g/mol. The molecule has 1 N–H and O–H groups in total. The average molecular weight is 233 g/mol. The van der Waals surface area contributed by atoms with Gasteiger partial charge in [0.05, 0.1) is 0 Å². The van der Waals surface area contributed by atoms with E-state index in [2.05, 4.69) is 4.98 Å². The normalized spacial score (nSPS) is 8.82. The molecule has 0 spiro atoms. The minimum absolute atomic E-state index is 0.293. The van der Waals surface area contributed by atoms with Crippen LogP contribution < -0.4 is 0 Å². The van der Waals surface area contributed by atoms with E-state index < -0.39 is 0 Å². The Hall–Kier alpha value is -1.57. The van der Waals surface area contributed by atoms with Crippen LogP contribution in [0.25, 0.3) is 10.9 Å². The summed E-state index contributed by atoms with van der Waals surface area (Å²) in [6.45, 7) is 11.9. The Morgan fingerprint density at radius 3 is 2.18 bits per heavy atom. The van der Waals surface area contributed by atoms with Crippen LogP contribution >= 0.6 is 0 Å². The first kappa shape index (κ1) is 15.4. The minimum atomic E-state index is 0.293. The standard InChI is InChI=1S/C11H11NO.2C2H6/c1-7-6-8(2)11(13)10-9(7)4-3-5-12-10;2*1-2/h3-6,13H,1-2H3;2*1-2H3. The van der Waals surface area contributed by atoms with Gasteiger partial charge in [-0.3, -0.25) is 4.98 Å². The fraction of sp³-hybridized carbons (Fsp3) is 0.400. The van der Waals surface area contributed by atoms with E-state index in [1.54, 1.807) is 6.20 Å². The molecule has 1 aromatic heterocycles. The Balaban J connectivity index is 0.000000581. The van der Waals surface area contributed by atoms with E-state index >= 15 is 0 Å². The highest BCUT2D eigenvalue weighted by Crippen LogP contribution is 2.28. The van der Waals surface area contributed by atoms with E-state index in [4.69, 9.17) is 0 Å². The lowest BCUT2D eigenvalue weighted by molar-refractivity contribution is 0.476. The quantitative estimate of drug-likeness (QED) is 0.720. The third kappa shape index (κ3) is 3.45. The van der Waals surface area contributed by atoms with Crippen molar-refractivity contribution in [3.63, 3.8) is 0 Å². The van der Waals surface area contributed by atoms with Gasteiger partial charge in [-0.1, -0.05) is 39.8 Å². The summed E-state index contributed by atoms with van der Waals surface area (Å²) in [5, 5.41) is 10.7. The lowest BCUT2D eigenvalue weighted by Gasteiger charge is -2.05. The van der Waals surface area contributed by atoms with Crippen molar-refractivity contribution >= 4 is 10.9 Å². The number of aromatic hydroxyl groups is 1. The SMILES string of the molecule is CC.CC.Cc1cc(C)c2cccnc2c1O. The van der Waals surface area contributed by atoms with Crippen LogP contribution in [0.3, 0.4) is 0 Å². The third-order valence-corrected chi connectivity index (χ3v) is 2.26. The molecule has 0 fully saturated rings. The number of phenolic OH excluding ortho intramolecular Hbond substituents is 1. The first-order valence-electron chi connectivity index (χ1n) is 6.24. The Labute approximate surface area is 104 Å². The van der Waals surface area contributed by atoms with Crippen molar-refractivity contribution in [2.45, 2.75) is 41.5 Å². The average Bonchev–Trinajstić information content (AvgIpc) is 2.41. The molecule has 0 aliphatic rings. The van der Waals surface area contributed by atoms with E-state index in [1.807, 2.05) is 59.7 Å². The molecule has 0 aliphatic heterocycles. The van der Waals surface area contributed by atoms with Crippen LogP contribution in [0.2, 0.25) is 0 Å². The number of nitrogens with zero attached hydrogens (tertiary/aromatic N) is 1. The molecule has 2 rings (SSSR count). The smallest absolute Gasteiger partial charge is 0.144 e. The van der Waals surface area contributed by atoms with Crippen molar-refractivity contribution in [1.29, 1.82) is 0 Å². The van der Waals surface area contributed by atoms with Crippen LogP contribution in [-0.2, 0) is 0 Å². The van der Waals surface area contributed by atoms with Gasteiger partial charge >= 0.3 is 0 Å². The third-order valence-electron chi connectivity index (χ3n) is 2.26. The lowest BCUT2D eigenvalue weighted by atomic mass is 10.1. The van der Waals surface area contributed by atoms with Gasteiger partial charge < -0.3 is 5.11 Å². The monoisotopic (exact) mass is 233 g/mol. The number of hydrogen-bond donors (Lipinski definition) is 1. The number of phenols is 1. The lowest BCUT2D eigenvalue weighted by Crippen LogP contribution is -1.85. The maximum atomic E-state index is 9.72. The molecule has 0 unspecified atom stereocenters. The van der Waals surface area contributed by atoms with Crippen LogP contribution in [0, 0.1) is 13.8 Å². The molecule has 0 radical (unpaired) electrons. The Bertz CT molecular complexity index is 464. The summed E-state index contributed by atoms with van der Waals surface area (Å²) < 4.78 is 0. The molecule has 0 saturated carbocycles. The first-order valence-corrected chi connectivity index (χ1v) is 6.24. The summed E-state index contributed by atoms with van der Waals surface area (Å²) >= 11 is 0. The van der Waals surface area contributed by atoms with Crippen LogP contribution in [0.4, 0.5) is 0 Å². The van der Waals surface area contributed by atoms with Crippen LogP contribution in [-0.4, -0.2) is 10.1 Å². The molecular formula is C15H23NO. The van der Waals surface area contributed by atoms with Crippen molar-refractivity contribution in [2.75, 3.05) is 0 Å². The van der Waals surface area contributed by atoms with Crippen molar-refractivity contribution < 1.29 is 5.11 Å². The van der Waals surface area contributed by atoms with Crippen LogP contribution in [0.15, 0.2) is 24.4 Å². The summed E-state index contributed by atoms with van der Waals surface area (Å²) in [4.78, 5) is 4.15. The molecule has 0 atom stereocenters. The van der Waals surface area contributed by atoms with Gasteiger partial charge in [-0.05, 0) is 31.0 Å². The van der Waals surface area contributed by atoms with E-state index in [0.29, 0.717) is 11.3 Å². The van der Waals surface area contributed by atoms with Gasteiger partial charge in [0.2, 0.25) is 0 Å². The molecule has 2 heteroatoms. The van der Waals surface area contributed by atoms with Crippen LogP contribution in [0.5, 0.6) is 5.75 Å².